The zero-order valence-corrected chi connectivity index (χ0v) is 12.2. The van der Waals surface area contributed by atoms with Crippen LogP contribution in [0.25, 0.3) is 0 Å². The van der Waals surface area contributed by atoms with Crippen molar-refractivity contribution >= 4 is 17.3 Å². The highest BCUT2D eigenvalue weighted by atomic mass is 16.5. The molecule has 2 rings (SSSR count). The number of ether oxygens (including phenoxy) is 1. The molecular formula is C15H23N3O2. The fraction of sp³-hybridized carbons (Fsp3) is 0.533. The molecule has 5 nitrogen and oxygen atoms in total. The Morgan fingerprint density at radius 1 is 1.55 bits per heavy atom. The number of nitrogens with two attached hydrogens (primary N) is 1. The van der Waals surface area contributed by atoms with Crippen LogP contribution in [0.4, 0.5) is 11.4 Å². The van der Waals surface area contributed by atoms with Crippen LogP contribution in [0.1, 0.15) is 18.9 Å². The highest BCUT2D eigenvalue weighted by Gasteiger charge is 2.30. The van der Waals surface area contributed by atoms with Crippen LogP contribution >= 0.6 is 0 Å². The van der Waals surface area contributed by atoms with Gasteiger partial charge in [-0.2, -0.15) is 0 Å². The second-order valence-corrected chi connectivity index (χ2v) is 5.12. The van der Waals surface area contributed by atoms with Crippen LogP contribution in [0.3, 0.4) is 0 Å². The van der Waals surface area contributed by atoms with E-state index in [4.69, 9.17) is 10.5 Å². The number of benzene rings is 1. The van der Waals surface area contributed by atoms with Gasteiger partial charge in [0.15, 0.2) is 0 Å². The molecule has 0 aliphatic carbocycles. The maximum atomic E-state index is 12.3. The van der Waals surface area contributed by atoms with Crippen LogP contribution in [-0.4, -0.2) is 38.3 Å². The molecule has 1 unspecified atom stereocenters. The zero-order valence-electron chi connectivity index (χ0n) is 12.2. The minimum atomic E-state index is -0.282. The molecule has 1 aromatic carbocycles. The van der Waals surface area contributed by atoms with E-state index in [2.05, 4.69) is 10.2 Å². The quantitative estimate of drug-likeness (QED) is 0.814. The molecule has 1 atom stereocenters. The molecule has 0 aromatic heterocycles. The first-order valence-corrected chi connectivity index (χ1v) is 7.11. The molecule has 1 amide bonds. The smallest absolute Gasteiger partial charge is 0.245 e. The van der Waals surface area contributed by atoms with Crippen molar-refractivity contribution in [1.29, 1.82) is 0 Å². The summed E-state index contributed by atoms with van der Waals surface area (Å²) in [6.07, 6.45) is 0.927. The van der Waals surface area contributed by atoms with Gasteiger partial charge in [0.05, 0.1) is 13.2 Å². The van der Waals surface area contributed by atoms with Gasteiger partial charge in [0.2, 0.25) is 5.91 Å². The number of hydrogen-bond donors (Lipinski definition) is 2. The van der Waals surface area contributed by atoms with Gasteiger partial charge >= 0.3 is 0 Å². The number of morpholine rings is 1. The van der Waals surface area contributed by atoms with Crippen molar-refractivity contribution in [2.24, 2.45) is 0 Å². The zero-order chi connectivity index (χ0) is 14.5. The van der Waals surface area contributed by atoms with Crippen LogP contribution in [0.5, 0.6) is 0 Å². The number of amides is 1. The Morgan fingerprint density at radius 2 is 2.35 bits per heavy atom. The van der Waals surface area contributed by atoms with Gasteiger partial charge in [-0.25, -0.2) is 0 Å². The summed E-state index contributed by atoms with van der Waals surface area (Å²) in [7, 11) is 0. The highest BCUT2D eigenvalue weighted by Crippen LogP contribution is 2.26. The maximum absolute atomic E-state index is 12.3. The van der Waals surface area contributed by atoms with E-state index in [0.717, 1.165) is 17.7 Å². The van der Waals surface area contributed by atoms with Gasteiger partial charge in [-0.15, -0.1) is 0 Å². The second-order valence-electron chi connectivity index (χ2n) is 5.12. The number of nitrogens with one attached hydrogen (secondary N) is 1. The molecule has 0 spiro atoms. The lowest BCUT2D eigenvalue weighted by Gasteiger charge is -2.37. The summed E-state index contributed by atoms with van der Waals surface area (Å²) < 4.78 is 5.47. The Balaban J connectivity index is 2.22. The van der Waals surface area contributed by atoms with Crippen molar-refractivity contribution in [3.63, 3.8) is 0 Å². The van der Waals surface area contributed by atoms with Crippen LogP contribution in [0, 0.1) is 6.92 Å². The van der Waals surface area contributed by atoms with E-state index < -0.39 is 0 Å². The largest absolute Gasteiger partial charge is 0.399 e. The number of rotatable bonds is 4. The fourth-order valence-electron chi connectivity index (χ4n) is 2.41. The van der Waals surface area contributed by atoms with Crippen LogP contribution in [-0.2, 0) is 9.53 Å². The third kappa shape index (κ3) is 3.22. The van der Waals surface area contributed by atoms with Crippen molar-refractivity contribution in [2.45, 2.75) is 26.3 Å². The minimum absolute atomic E-state index is 0.0216. The van der Waals surface area contributed by atoms with Crippen molar-refractivity contribution in [1.82, 2.24) is 5.32 Å². The summed E-state index contributed by atoms with van der Waals surface area (Å²) in [4.78, 5) is 14.4. The van der Waals surface area contributed by atoms with Crippen molar-refractivity contribution in [3.8, 4) is 0 Å². The van der Waals surface area contributed by atoms with E-state index in [1.54, 1.807) is 0 Å². The summed E-state index contributed by atoms with van der Waals surface area (Å²) >= 11 is 0. The molecule has 0 radical (unpaired) electrons. The van der Waals surface area contributed by atoms with Gasteiger partial charge in [-0.1, -0.05) is 13.0 Å². The average Bonchev–Trinajstić information content (AvgIpc) is 2.47. The lowest BCUT2D eigenvalue weighted by atomic mass is 10.1. The fourth-order valence-corrected chi connectivity index (χ4v) is 2.41. The van der Waals surface area contributed by atoms with Crippen LogP contribution in [0.2, 0.25) is 0 Å². The van der Waals surface area contributed by atoms with E-state index >= 15 is 0 Å². The molecule has 1 aliphatic rings. The molecule has 1 aromatic rings. The number of nitrogens with zero attached hydrogens (tertiary/aromatic N) is 1. The molecule has 1 saturated heterocycles. The first-order valence-electron chi connectivity index (χ1n) is 7.11. The van der Waals surface area contributed by atoms with Crippen LogP contribution in [0.15, 0.2) is 18.2 Å². The third-order valence-corrected chi connectivity index (χ3v) is 3.52. The molecular weight excluding hydrogens is 254 g/mol. The van der Waals surface area contributed by atoms with Crippen molar-refractivity contribution < 1.29 is 9.53 Å². The molecule has 1 heterocycles. The average molecular weight is 277 g/mol. The van der Waals surface area contributed by atoms with Gasteiger partial charge in [-0.3, -0.25) is 4.79 Å². The summed E-state index contributed by atoms with van der Waals surface area (Å²) in [5.41, 5.74) is 8.73. The third-order valence-electron chi connectivity index (χ3n) is 3.52. The van der Waals surface area contributed by atoms with E-state index in [-0.39, 0.29) is 11.9 Å². The molecule has 5 heteroatoms. The topological polar surface area (TPSA) is 67.6 Å². The minimum Gasteiger partial charge on any atom is -0.399 e. The lowest BCUT2D eigenvalue weighted by Crippen LogP contribution is -2.54. The number of anilines is 2. The van der Waals surface area contributed by atoms with E-state index in [0.29, 0.717) is 32.0 Å². The summed E-state index contributed by atoms with van der Waals surface area (Å²) in [6.45, 7) is 6.52. The van der Waals surface area contributed by atoms with E-state index in [1.807, 2.05) is 32.0 Å². The second kappa shape index (κ2) is 6.61. The molecule has 3 N–H and O–H groups in total. The Hall–Kier alpha value is -1.75. The summed E-state index contributed by atoms with van der Waals surface area (Å²) in [5.74, 6) is 0.0216. The number of carbonyl (C=O) groups excluding carboxylic acids is 1. The predicted molar refractivity (Wildman–Crippen MR) is 80.8 cm³/mol. The molecule has 0 bridgehead atoms. The standard InChI is InChI=1S/C15H23N3O2/c1-3-6-17-15(19)14-10-20-8-7-18(14)13-9-12(16)5-4-11(13)2/h4-5,9,14H,3,6-8,10,16H2,1-2H3,(H,17,19). The van der Waals surface area contributed by atoms with Crippen LogP contribution < -0.4 is 16.0 Å². The van der Waals surface area contributed by atoms with Gasteiger partial charge in [0.25, 0.3) is 0 Å². The number of hydrogen-bond acceptors (Lipinski definition) is 4. The Bertz CT molecular complexity index is 476. The Morgan fingerprint density at radius 3 is 3.10 bits per heavy atom. The van der Waals surface area contributed by atoms with Crippen molar-refractivity contribution in [2.75, 3.05) is 36.9 Å². The van der Waals surface area contributed by atoms with E-state index in [9.17, 15) is 4.79 Å². The lowest BCUT2D eigenvalue weighted by molar-refractivity contribution is -0.124. The monoisotopic (exact) mass is 277 g/mol. The normalized spacial score (nSPS) is 18.9. The maximum Gasteiger partial charge on any atom is 0.245 e. The number of nitrogen functional groups attached to an aromatic ring is 1. The summed E-state index contributed by atoms with van der Waals surface area (Å²) in [5, 5.41) is 2.94. The predicted octanol–water partition coefficient (Wildman–Crippen LogP) is 1.31. The molecule has 20 heavy (non-hydrogen) atoms. The Kier molecular flexibility index (Phi) is 4.84. The first-order chi connectivity index (χ1) is 9.63. The van der Waals surface area contributed by atoms with Crippen molar-refractivity contribution in [3.05, 3.63) is 23.8 Å². The van der Waals surface area contributed by atoms with Gasteiger partial charge in [-0.05, 0) is 31.0 Å². The first kappa shape index (κ1) is 14.7. The highest BCUT2D eigenvalue weighted by molar-refractivity contribution is 5.86. The SMILES string of the molecule is CCCNC(=O)C1COCCN1c1cc(N)ccc1C. The molecule has 110 valence electrons. The van der Waals surface area contributed by atoms with Gasteiger partial charge in [0, 0.05) is 24.5 Å². The van der Waals surface area contributed by atoms with Gasteiger partial charge < -0.3 is 20.7 Å². The number of aryl methyl sites for hydroxylation is 1. The molecule has 1 aliphatic heterocycles. The summed E-state index contributed by atoms with van der Waals surface area (Å²) in [6, 6.07) is 5.52. The van der Waals surface area contributed by atoms with Gasteiger partial charge in [0.1, 0.15) is 6.04 Å². The molecule has 1 fully saturated rings. The Labute approximate surface area is 120 Å². The number of carbonyl (C=O) groups is 1. The van der Waals surface area contributed by atoms with E-state index in [1.165, 1.54) is 0 Å². The molecule has 0 saturated carbocycles.